The summed E-state index contributed by atoms with van der Waals surface area (Å²) in [6.07, 6.45) is 0. The van der Waals surface area contributed by atoms with E-state index in [-0.39, 0.29) is 6.61 Å². The van der Waals surface area contributed by atoms with Crippen LogP contribution in [0.15, 0.2) is 72.8 Å². The molecule has 0 atom stereocenters. The van der Waals surface area contributed by atoms with Crippen LogP contribution in [-0.2, 0) is 13.2 Å². The van der Waals surface area contributed by atoms with Crippen LogP contribution in [0.4, 0.5) is 0 Å². The Hall–Kier alpha value is -3.79. The molecule has 0 aromatic heterocycles. The zero-order chi connectivity index (χ0) is 22.7. The number of carboxylic acid groups (broad SMARTS) is 1. The molecule has 4 heteroatoms. The van der Waals surface area contributed by atoms with Crippen LogP contribution in [0.1, 0.15) is 38.2 Å². The maximum absolute atomic E-state index is 11.7. The van der Waals surface area contributed by atoms with Crippen molar-refractivity contribution < 1.29 is 19.4 Å². The van der Waals surface area contributed by atoms with Crippen molar-refractivity contribution in [2.75, 3.05) is 0 Å². The summed E-state index contributed by atoms with van der Waals surface area (Å²) in [5, 5.41) is 12.0. The quantitative estimate of drug-likeness (QED) is 0.361. The number of benzene rings is 4. The van der Waals surface area contributed by atoms with Crippen LogP contribution in [0.3, 0.4) is 0 Å². The molecule has 32 heavy (non-hydrogen) atoms. The minimum atomic E-state index is -0.937. The lowest BCUT2D eigenvalue weighted by atomic mass is 9.98. The minimum absolute atomic E-state index is 0.177. The number of hydrogen-bond acceptors (Lipinski definition) is 3. The van der Waals surface area contributed by atoms with Crippen molar-refractivity contribution in [1.82, 2.24) is 0 Å². The molecule has 0 saturated heterocycles. The van der Waals surface area contributed by atoms with Gasteiger partial charge in [0.05, 0.1) is 5.56 Å². The normalized spacial score (nSPS) is 10.8. The molecule has 4 aromatic rings. The van der Waals surface area contributed by atoms with Crippen LogP contribution in [0.25, 0.3) is 10.8 Å². The summed E-state index contributed by atoms with van der Waals surface area (Å²) < 4.78 is 11.9. The van der Waals surface area contributed by atoms with Gasteiger partial charge in [-0.2, -0.15) is 0 Å². The first-order valence-electron chi connectivity index (χ1n) is 10.6. The molecule has 0 bridgehead atoms. The second-order valence-corrected chi connectivity index (χ2v) is 8.02. The van der Waals surface area contributed by atoms with Crippen LogP contribution in [0, 0.1) is 20.8 Å². The molecule has 1 N–H and O–H groups in total. The van der Waals surface area contributed by atoms with E-state index in [1.807, 2.05) is 62.4 Å². The lowest BCUT2D eigenvalue weighted by Gasteiger charge is -2.14. The van der Waals surface area contributed by atoms with E-state index >= 15 is 0 Å². The first-order chi connectivity index (χ1) is 15.4. The molecule has 0 saturated carbocycles. The monoisotopic (exact) mass is 426 g/mol. The van der Waals surface area contributed by atoms with Crippen molar-refractivity contribution in [1.29, 1.82) is 0 Å². The van der Waals surface area contributed by atoms with Crippen LogP contribution in [0.2, 0.25) is 0 Å². The highest BCUT2D eigenvalue weighted by Gasteiger charge is 2.15. The summed E-state index contributed by atoms with van der Waals surface area (Å²) >= 11 is 0. The van der Waals surface area contributed by atoms with Crippen molar-refractivity contribution in [3.05, 3.63) is 106 Å². The summed E-state index contributed by atoms with van der Waals surface area (Å²) in [5.41, 5.74) is 5.00. The van der Waals surface area contributed by atoms with Gasteiger partial charge in [0.1, 0.15) is 24.7 Å². The molecule has 4 rings (SSSR count). The first-order valence-corrected chi connectivity index (χ1v) is 10.6. The van der Waals surface area contributed by atoms with Gasteiger partial charge in [0, 0.05) is 11.6 Å². The molecular weight excluding hydrogens is 400 g/mol. The number of aryl methyl sites for hydroxylation is 2. The summed E-state index contributed by atoms with van der Waals surface area (Å²) in [5.74, 6) is 0.397. The smallest absolute Gasteiger partial charge is 0.336 e. The molecule has 0 radical (unpaired) electrons. The van der Waals surface area contributed by atoms with Gasteiger partial charge < -0.3 is 14.6 Å². The molecule has 0 heterocycles. The van der Waals surface area contributed by atoms with Crippen molar-refractivity contribution >= 4 is 16.7 Å². The molecule has 0 aliphatic carbocycles. The van der Waals surface area contributed by atoms with Crippen molar-refractivity contribution in [3.8, 4) is 11.5 Å². The third-order valence-corrected chi connectivity index (χ3v) is 5.83. The third-order valence-electron chi connectivity index (χ3n) is 5.83. The molecule has 0 unspecified atom stereocenters. The molecular formula is C28H26O4. The Kier molecular flexibility index (Phi) is 6.13. The summed E-state index contributed by atoms with van der Waals surface area (Å²) in [6, 6.07) is 23.8. The number of carbonyl (C=O) groups is 1. The summed E-state index contributed by atoms with van der Waals surface area (Å²) in [6.45, 7) is 6.46. The minimum Gasteiger partial charge on any atom is -0.489 e. The van der Waals surface area contributed by atoms with Crippen LogP contribution in [0.5, 0.6) is 11.5 Å². The van der Waals surface area contributed by atoms with Gasteiger partial charge >= 0.3 is 5.97 Å². The number of carboxylic acids is 1. The van der Waals surface area contributed by atoms with Gasteiger partial charge in [0.25, 0.3) is 0 Å². The van der Waals surface area contributed by atoms with Gasteiger partial charge in [-0.25, -0.2) is 4.79 Å². The lowest BCUT2D eigenvalue weighted by molar-refractivity contribution is 0.0693. The van der Waals surface area contributed by atoms with E-state index < -0.39 is 5.97 Å². The van der Waals surface area contributed by atoms with Gasteiger partial charge in [0.15, 0.2) is 0 Å². The third kappa shape index (κ3) is 4.59. The molecule has 0 spiro atoms. The Morgan fingerprint density at radius 1 is 0.719 bits per heavy atom. The Balaban J connectivity index is 1.46. The number of ether oxygens (including phenoxy) is 2. The number of hydrogen-bond donors (Lipinski definition) is 1. The van der Waals surface area contributed by atoms with E-state index in [0.717, 1.165) is 16.7 Å². The van der Waals surface area contributed by atoms with Crippen molar-refractivity contribution in [2.24, 2.45) is 0 Å². The maximum atomic E-state index is 11.7. The predicted octanol–water partition coefficient (Wildman–Crippen LogP) is 6.62. The molecule has 162 valence electrons. The Morgan fingerprint density at radius 3 is 2.00 bits per heavy atom. The number of rotatable bonds is 7. The molecule has 0 aliphatic heterocycles. The average Bonchev–Trinajstić information content (AvgIpc) is 2.78. The highest BCUT2D eigenvalue weighted by atomic mass is 16.5. The largest absolute Gasteiger partial charge is 0.489 e. The van der Waals surface area contributed by atoms with Gasteiger partial charge in [-0.05, 0) is 72.0 Å². The molecule has 4 aromatic carbocycles. The zero-order valence-electron chi connectivity index (χ0n) is 18.5. The van der Waals surface area contributed by atoms with E-state index in [1.54, 1.807) is 0 Å². The summed E-state index contributed by atoms with van der Waals surface area (Å²) in [4.78, 5) is 11.7. The van der Waals surface area contributed by atoms with Crippen LogP contribution in [-0.4, -0.2) is 11.1 Å². The van der Waals surface area contributed by atoms with E-state index in [9.17, 15) is 9.90 Å². The summed E-state index contributed by atoms with van der Waals surface area (Å²) in [7, 11) is 0. The van der Waals surface area contributed by atoms with Crippen molar-refractivity contribution in [3.63, 3.8) is 0 Å². The highest BCUT2D eigenvalue weighted by Crippen LogP contribution is 2.25. The molecule has 0 amide bonds. The SMILES string of the molecule is Cc1cc2ccccc2cc1COc1cccc(OCc2ccc(C)c(C)c2C(=O)O)c1. The Morgan fingerprint density at radius 2 is 1.34 bits per heavy atom. The number of fused-ring (bicyclic) bond motifs is 1. The van der Waals surface area contributed by atoms with Gasteiger partial charge in [-0.1, -0.05) is 48.5 Å². The predicted molar refractivity (Wildman–Crippen MR) is 127 cm³/mol. The van der Waals surface area contributed by atoms with E-state index in [0.29, 0.717) is 29.2 Å². The highest BCUT2D eigenvalue weighted by molar-refractivity contribution is 5.91. The Bertz CT molecular complexity index is 1290. The standard InChI is InChI=1S/C28H26O4/c1-18-11-12-23(27(20(18)3)28(29)30)16-31-25-9-6-10-26(15-25)32-17-24-14-22-8-5-4-7-21(22)13-19(24)2/h4-15H,16-17H2,1-3H3,(H,29,30). The number of aromatic carboxylic acids is 1. The van der Waals surface area contributed by atoms with Crippen molar-refractivity contribution in [2.45, 2.75) is 34.0 Å². The topological polar surface area (TPSA) is 55.8 Å². The van der Waals surface area contributed by atoms with E-state index in [4.69, 9.17) is 9.47 Å². The molecule has 0 fully saturated rings. The molecule has 4 nitrogen and oxygen atoms in total. The van der Waals surface area contributed by atoms with Gasteiger partial charge in [0.2, 0.25) is 0 Å². The fraction of sp³-hybridized carbons (Fsp3) is 0.179. The maximum Gasteiger partial charge on any atom is 0.336 e. The van der Waals surface area contributed by atoms with E-state index in [2.05, 4.69) is 31.2 Å². The fourth-order valence-electron chi connectivity index (χ4n) is 3.82. The fourth-order valence-corrected chi connectivity index (χ4v) is 3.82. The van der Waals surface area contributed by atoms with Gasteiger partial charge in [-0.15, -0.1) is 0 Å². The average molecular weight is 427 g/mol. The zero-order valence-corrected chi connectivity index (χ0v) is 18.5. The second-order valence-electron chi connectivity index (χ2n) is 8.02. The van der Waals surface area contributed by atoms with Crippen LogP contribution >= 0.6 is 0 Å². The Labute approximate surface area is 188 Å². The van der Waals surface area contributed by atoms with E-state index in [1.165, 1.54) is 16.3 Å². The molecule has 0 aliphatic rings. The van der Waals surface area contributed by atoms with Gasteiger partial charge in [-0.3, -0.25) is 0 Å². The first kappa shape index (κ1) is 21.4. The second kappa shape index (κ2) is 9.15. The van der Waals surface area contributed by atoms with Crippen LogP contribution < -0.4 is 9.47 Å². The lowest BCUT2D eigenvalue weighted by Crippen LogP contribution is -2.09.